The minimum absolute atomic E-state index is 0.168. The largest absolute Gasteiger partial charge is 0.382 e. The van der Waals surface area contributed by atoms with Crippen LogP contribution in [0.4, 0.5) is 10.9 Å². The van der Waals surface area contributed by atoms with Gasteiger partial charge in [-0.2, -0.15) is 0 Å². The van der Waals surface area contributed by atoms with Crippen molar-refractivity contribution in [1.82, 2.24) is 10.3 Å². The molecule has 0 bridgehead atoms. The van der Waals surface area contributed by atoms with Gasteiger partial charge in [-0.15, -0.1) is 12.3 Å². The third kappa shape index (κ3) is 3.93. The Balaban J connectivity index is 2.49. The van der Waals surface area contributed by atoms with Crippen LogP contribution < -0.4 is 16.0 Å². The third-order valence-electron chi connectivity index (χ3n) is 2.26. The van der Waals surface area contributed by atoms with E-state index in [-0.39, 0.29) is 11.7 Å². The molecule has 1 aromatic heterocycles. The van der Waals surface area contributed by atoms with Crippen molar-refractivity contribution in [2.45, 2.75) is 19.3 Å². The molecule has 3 N–H and O–H groups in total. The molecule has 0 aliphatic rings. The summed E-state index contributed by atoms with van der Waals surface area (Å²) in [6, 6.07) is 0. The van der Waals surface area contributed by atoms with E-state index in [9.17, 15) is 4.79 Å². The summed E-state index contributed by atoms with van der Waals surface area (Å²) in [4.78, 5) is 18.3. The number of nitrogens with two attached hydrogens (primary N) is 1. The zero-order valence-electron chi connectivity index (χ0n) is 10.7. The highest BCUT2D eigenvalue weighted by molar-refractivity contribution is 7.18. The highest BCUT2D eigenvalue weighted by Crippen LogP contribution is 2.26. The Hall–Kier alpha value is -1.74. The van der Waals surface area contributed by atoms with E-state index in [1.165, 1.54) is 11.3 Å². The van der Waals surface area contributed by atoms with Gasteiger partial charge in [-0.05, 0) is 12.8 Å². The van der Waals surface area contributed by atoms with Crippen molar-refractivity contribution in [3.05, 3.63) is 4.88 Å². The SMILES string of the molecule is C#CCCCCNC(=O)c1sc(N(C)C)nc1N. The quantitative estimate of drug-likeness (QED) is 0.602. The predicted molar refractivity (Wildman–Crippen MR) is 75.9 cm³/mol. The Labute approximate surface area is 111 Å². The summed E-state index contributed by atoms with van der Waals surface area (Å²) in [5.74, 6) is 2.68. The van der Waals surface area contributed by atoms with Crippen molar-refractivity contribution in [2.24, 2.45) is 0 Å². The number of hydrogen-bond donors (Lipinski definition) is 2. The van der Waals surface area contributed by atoms with E-state index in [0.717, 1.165) is 24.4 Å². The van der Waals surface area contributed by atoms with Crippen molar-refractivity contribution >= 4 is 28.2 Å². The molecule has 1 amide bonds. The van der Waals surface area contributed by atoms with Gasteiger partial charge in [-0.1, -0.05) is 11.3 Å². The Morgan fingerprint density at radius 2 is 2.28 bits per heavy atom. The van der Waals surface area contributed by atoms with Crippen LogP contribution in [0.5, 0.6) is 0 Å². The smallest absolute Gasteiger partial charge is 0.265 e. The monoisotopic (exact) mass is 266 g/mol. The second-order valence-electron chi connectivity index (χ2n) is 4.02. The second kappa shape index (κ2) is 6.87. The normalized spacial score (nSPS) is 9.83. The van der Waals surface area contributed by atoms with E-state index in [0.29, 0.717) is 11.4 Å². The molecular formula is C12H18N4OS. The average molecular weight is 266 g/mol. The van der Waals surface area contributed by atoms with Gasteiger partial charge in [-0.25, -0.2) is 4.98 Å². The average Bonchev–Trinajstić information content (AvgIpc) is 2.71. The molecule has 0 aromatic carbocycles. The molecule has 0 spiro atoms. The zero-order chi connectivity index (χ0) is 13.5. The first kappa shape index (κ1) is 14.3. The number of anilines is 2. The number of hydrogen-bond acceptors (Lipinski definition) is 5. The van der Waals surface area contributed by atoms with Gasteiger partial charge < -0.3 is 16.0 Å². The number of carbonyl (C=O) groups is 1. The number of unbranched alkanes of at least 4 members (excludes halogenated alkanes) is 2. The molecule has 0 aliphatic heterocycles. The Morgan fingerprint density at radius 1 is 1.56 bits per heavy atom. The molecule has 0 radical (unpaired) electrons. The van der Waals surface area contributed by atoms with Crippen LogP contribution in [0.15, 0.2) is 0 Å². The molecule has 0 unspecified atom stereocenters. The number of nitrogens with zero attached hydrogens (tertiary/aromatic N) is 2. The molecule has 18 heavy (non-hydrogen) atoms. The summed E-state index contributed by atoms with van der Waals surface area (Å²) >= 11 is 1.29. The van der Waals surface area contributed by atoms with Gasteiger partial charge in [0.15, 0.2) is 5.13 Å². The molecule has 1 heterocycles. The van der Waals surface area contributed by atoms with Crippen molar-refractivity contribution in [3.63, 3.8) is 0 Å². The Bertz CT molecular complexity index is 447. The molecule has 0 atom stereocenters. The van der Waals surface area contributed by atoms with Crippen LogP contribution in [-0.4, -0.2) is 31.5 Å². The minimum atomic E-state index is -0.168. The molecule has 0 saturated carbocycles. The second-order valence-corrected chi connectivity index (χ2v) is 5.00. The number of rotatable bonds is 6. The van der Waals surface area contributed by atoms with Gasteiger partial charge in [0.1, 0.15) is 10.7 Å². The zero-order valence-corrected chi connectivity index (χ0v) is 11.5. The predicted octanol–water partition coefficient (Wildman–Crippen LogP) is 1.32. The highest BCUT2D eigenvalue weighted by Gasteiger charge is 2.16. The van der Waals surface area contributed by atoms with E-state index in [1.807, 2.05) is 19.0 Å². The lowest BCUT2D eigenvalue weighted by atomic mass is 10.2. The van der Waals surface area contributed by atoms with Crippen molar-refractivity contribution < 1.29 is 4.79 Å². The summed E-state index contributed by atoms with van der Waals surface area (Å²) in [5, 5.41) is 3.54. The van der Waals surface area contributed by atoms with Crippen LogP contribution >= 0.6 is 11.3 Å². The summed E-state index contributed by atoms with van der Waals surface area (Å²) in [6.07, 6.45) is 7.67. The summed E-state index contributed by atoms with van der Waals surface area (Å²) in [7, 11) is 3.72. The lowest BCUT2D eigenvalue weighted by molar-refractivity contribution is 0.0958. The van der Waals surface area contributed by atoms with Crippen LogP contribution in [0.3, 0.4) is 0 Å². The van der Waals surface area contributed by atoms with E-state index in [2.05, 4.69) is 16.2 Å². The van der Waals surface area contributed by atoms with Crippen LogP contribution in [-0.2, 0) is 0 Å². The lowest BCUT2D eigenvalue weighted by Gasteiger charge is -2.05. The van der Waals surface area contributed by atoms with E-state index in [4.69, 9.17) is 12.2 Å². The summed E-state index contributed by atoms with van der Waals surface area (Å²) < 4.78 is 0. The number of amides is 1. The molecule has 0 aliphatic carbocycles. The Kier molecular flexibility index (Phi) is 5.46. The van der Waals surface area contributed by atoms with Crippen molar-refractivity contribution in [1.29, 1.82) is 0 Å². The fourth-order valence-electron chi connectivity index (χ4n) is 1.31. The number of carbonyl (C=O) groups excluding carboxylic acids is 1. The van der Waals surface area contributed by atoms with E-state index < -0.39 is 0 Å². The molecule has 1 rings (SSSR count). The van der Waals surface area contributed by atoms with Gasteiger partial charge in [0.2, 0.25) is 0 Å². The number of nitrogens with one attached hydrogen (secondary N) is 1. The first-order valence-electron chi connectivity index (χ1n) is 5.71. The third-order valence-corrected chi connectivity index (χ3v) is 3.50. The van der Waals surface area contributed by atoms with Gasteiger partial charge in [0.05, 0.1) is 0 Å². The van der Waals surface area contributed by atoms with Gasteiger partial charge in [0.25, 0.3) is 5.91 Å². The van der Waals surface area contributed by atoms with Gasteiger partial charge >= 0.3 is 0 Å². The van der Waals surface area contributed by atoms with Crippen molar-refractivity contribution in [2.75, 3.05) is 31.3 Å². The lowest BCUT2D eigenvalue weighted by Crippen LogP contribution is -2.24. The van der Waals surface area contributed by atoms with Crippen molar-refractivity contribution in [3.8, 4) is 12.3 Å². The van der Waals surface area contributed by atoms with Crippen LogP contribution in [0.1, 0.15) is 28.9 Å². The topological polar surface area (TPSA) is 71.2 Å². The maximum atomic E-state index is 11.9. The first-order chi connectivity index (χ1) is 8.56. The van der Waals surface area contributed by atoms with E-state index >= 15 is 0 Å². The summed E-state index contributed by atoms with van der Waals surface area (Å²) in [5.41, 5.74) is 5.72. The molecule has 0 fully saturated rings. The highest BCUT2D eigenvalue weighted by atomic mass is 32.1. The van der Waals surface area contributed by atoms with Gasteiger partial charge in [0, 0.05) is 27.1 Å². The minimum Gasteiger partial charge on any atom is -0.382 e. The number of nitrogen functional groups attached to an aromatic ring is 1. The fourth-order valence-corrected chi connectivity index (χ4v) is 2.13. The van der Waals surface area contributed by atoms with Crippen LogP contribution in [0.25, 0.3) is 0 Å². The number of thiazole rings is 1. The molecule has 1 aromatic rings. The number of terminal acetylenes is 1. The van der Waals surface area contributed by atoms with Crippen LogP contribution in [0, 0.1) is 12.3 Å². The standard InChI is InChI=1S/C12H18N4OS/c1-4-5-6-7-8-14-11(17)9-10(13)15-12(18-9)16(2)3/h1H,5-8,13H2,2-3H3,(H,14,17). The molecule has 98 valence electrons. The molecule has 0 saturated heterocycles. The summed E-state index contributed by atoms with van der Waals surface area (Å²) in [6.45, 7) is 0.606. The number of aromatic nitrogens is 1. The van der Waals surface area contributed by atoms with Crippen LogP contribution in [0.2, 0.25) is 0 Å². The first-order valence-corrected chi connectivity index (χ1v) is 6.53. The maximum absolute atomic E-state index is 11.9. The molecule has 6 heteroatoms. The van der Waals surface area contributed by atoms with E-state index in [1.54, 1.807) is 0 Å². The molecule has 5 nitrogen and oxygen atoms in total. The fraction of sp³-hybridized carbons (Fsp3) is 0.500. The maximum Gasteiger partial charge on any atom is 0.265 e. The van der Waals surface area contributed by atoms with Gasteiger partial charge in [-0.3, -0.25) is 4.79 Å². The molecular weight excluding hydrogens is 248 g/mol. The Morgan fingerprint density at radius 3 is 2.83 bits per heavy atom.